The molecule has 0 saturated carbocycles. The lowest BCUT2D eigenvalue weighted by Gasteiger charge is -2.37. The molecule has 1 aliphatic rings. The number of rotatable bonds is 5. The molecule has 0 unspecified atom stereocenters. The van der Waals surface area contributed by atoms with Gasteiger partial charge in [-0.05, 0) is 24.7 Å². The highest BCUT2D eigenvalue weighted by atomic mass is 16.6. The van der Waals surface area contributed by atoms with Crippen LogP contribution in [0.2, 0.25) is 0 Å². The number of hydrogen-bond acceptors (Lipinski definition) is 4. The standard InChI is InChI=1S/C25H23NO3/c27-23(19-9-3-1-4-10-19)21-13-7-8-14-22(21)24(28)29-25(15-17-26-18-16-25)20-11-5-2-6-12-20/h1-14,26H,15-18H2. The topological polar surface area (TPSA) is 55.4 Å². The van der Waals surface area contributed by atoms with Crippen LogP contribution in [-0.4, -0.2) is 24.8 Å². The highest BCUT2D eigenvalue weighted by molar-refractivity contribution is 6.14. The van der Waals surface area contributed by atoms with Crippen LogP contribution >= 0.6 is 0 Å². The zero-order valence-corrected chi connectivity index (χ0v) is 16.1. The zero-order chi connectivity index (χ0) is 20.1. The lowest BCUT2D eigenvalue weighted by atomic mass is 9.84. The summed E-state index contributed by atoms with van der Waals surface area (Å²) >= 11 is 0. The molecule has 29 heavy (non-hydrogen) atoms. The molecule has 0 atom stereocenters. The Kier molecular flexibility index (Phi) is 5.54. The first-order valence-electron chi connectivity index (χ1n) is 9.88. The molecule has 1 saturated heterocycles. The SMILES string of the molecule is O=C(OC1(c2ccccc2)CCNCC1)c1ccccc1C(=O)c1ccccc1. The van der Waals surface area contributed by atoms with Gasteiger partial charge in [0.15, 0.2) is 5.78 Å². The van der Waals surface area contributed by atoms with E-state index in [4.69, 9.17) is 4.74 Å². The van der Waals surface area contributed by atoms with Crippen molar-refractivity contribution in [2.45, 2.75) is 18.4 Å². The number of hydrogen-bond donors (Lipinski definition) is 1. The number of carbonyl (C=O) groups excluding carboxylic acids is 2. The zero-order valence-electron chi connectivity index (χ0n) is 16.1. The van der Waals surface area contributed by atoms with Gasteiger partial charge in [-0.3, -0.25) is 4.79 Å². The van der Waals surface area contributed by atoms with Crippen LogP contribution in [0, 0.1) is 0 Å². The number of carbonyl (C=O) groups is 2. The van der Waals surface area contributed by atoms with Crippen molar-refractivity contribution in [3.05, 3.63) is 107 Å². The second kappa shape index (κ2) is 8.41. The summed E-state index contributed by atoms with van der Waals surface area (Å²) in [5, 5.41) is 3.33. The van der Waals surface area contributed by atoms with Crippen molar-refractivity contribution in [3.8, 4) is 0 Å². The maximum atomic E-state index is 13.3. The third-order valence-electron chi connectivity index (χ3n) is 5.43. The van der Waals surface area contributed by atoms with Gasteiger partial charge in [-0.2, -0.15) is 0 Å². The monoisotopic (exact) mass is 385 g/mol. The Morgan fingerprint density at radius 1 is 0.724 bits per heavy atom. The lowest BCUT2D eigenvalue weighted by Crippen LogP contribution is -2.43. The summed E-state index contributed by atoms with van der Waals surface area (Å²) in [5.41, 5.74) is 1.51. The van der Waals surface area contributed by atoms with Crippen LogP contribution in [0.5, 0.6) is 0 Å². The first-order valence-corrected chi connectivity index (χ1v) is 9.88. The molecule has 1 heterocycles. The normalized spacial score (nSPS) is 15.4. The van der Waals surface area contributed by atoms with Crippen molar-refractivity contribution in [1.82, 2.24) is 5.32 Å². The van der Waals surface area contributed by atoms with Crippen LogP contribution in [0.15, 0.2) is 84.9 Å². The molecular formula is C25H23NO3. The second-order valence-corrected chi connectivity index (χ2v) is 7.24. The van der Waals surface area contributed by atoms with E-state index >= 15 is 0 Å². The summed E-state index contributed by atoms with van der Waals surface area (Å²) in [6.07, 6.45) is 1.38. The fourth-order valence-electron chi connectivity index (χ4n) is 3.86. The van der Waals surface area contributed by atoms with Crippen LogP contribution in [0.1, 0.15) is 44.7 Å². The number of nitrogens with one attached hydrogen (secondary N) is 1. The van der Waals surface area contributed by atoms with E-state index in [-0.39, 0.29) is 5.78 Å². The summed E-state index contributed by atoms with van der Waals surface area (Å²) in [4.78, 5) is 26.2. The molecule has 3 aromatic carbocycles. The summed E-state index contributed by atoms with van der Waals surface area (Å²) in [5.74, 6) is -0.646. The average molecular weight is 385 g/mol. The molecule has 4 nitrogen and oxygen atoms in total. The number of benzene rings is 3. The Hall–Kier alpha value is -3.24. The first-order chi connectivity index (χ1) is 14.2. The summed E-state index contributed by atoms with van der Waals surface area (Å²) in [6.45, 7) is 1.54. The fourth-order valence-corrected chi connectivity index (χ4v) is 3.86. The molecule has 0 bridgehead atoms. The van der Waals surface area contributed by atoms with Gasteiger partial charge in [0.1, 0.15) is 5.60 Å². The molecule has 1 N–H and O–H groups in total. The molecule has 0 aliphatic carbocycles. The number of ketones is 1. The van der Waals surface area contributed by atoms with Crippen LogP contribution in [0.4, 0.5) is 0 Å². The van der Waals surface area contributed by atoms with Gasteiger partial charge in [0.2, 0.25) is 0 Å². The summed E-state index contributed by atoms with van der Waals surface area (Å²) in [6, 6.07) is 25.7. The van der Waals surface area contributed by atoms with Crippen LogP contribution in [-0.2, 0) is 10.3 Å². The van der Waals surface area contributed by atoms with Gasteiger partial charge in [0.25, 0.3) is 0 Å². The van der Waals surface area contributed by atoms with Crippen molar-refractivity contribution in [2.75, 3.05) is 13.1 Å². The Balaban J connectivity index is 1.67. The van der Waals surface area contributed by atoms with Gasteiger partial charge in [-0.25, -0.2) is 4.79 Å². The van der Waals surface area contributed by atoms with Crippen molar-refractivity contribution < 1.29 is 14.3 Å². The summed E-state index contributed by atoms with van der Waals surface area (Å²) < 4.78 is 6.15. The van der Waals surface area contributed by atoms with Crippen molar-refractivity contribution in [3.63, 3.8) is 0 Å². The molecule has 4 rings (SSSR count). The minimum atomic E-state index is -0.688. The Labute approximate surface area is 170 Å². The predicted octanol–water partition coefficient (Wildman–Crippen LogP) is 4.35. The molecule has 0 aromatic heterocycles. The van der Waals surface area contributed by atoms with Crippen LogP contribution in [0.25, 0.3) is 0 Å². The van der Waals surface area contributed by atoms with Gasteiger partial charge in [-0.1, -0.05) is 78.9 Å². The number of esters is 1. The van der Waals surface area contributed by atoms with E-state index in [2.05, 4.69) is 5.32 Å². The molecule has 0 radical (unpaired) electrons. The minimum absolute atomic E-state index is 0.183. The fraction of sp³-hybridized carbons (Fsp3) is 0.200. The molecule has 0 amide bonds. The summed E-state index contributed by atoms with van der Waals surface area (Å²) in [7, 11) is 0. The van der Waals surface area contributed by atoms with E-state index < -0.39 is 11.6 Å². The van der Waals surface area contributed by atoms with Crippen molar-refractivity contribution >= 4 is 11.8 Å². The predicted molar refractivity (Wildman–Crippen MR) is 112 cm³/mol. The highest BCUT2D eigenvalue weighted by Crippen LogP contribution is 2.36. The Bertz CT molecular complexity index is 993. The van der Waals surface area contributed by atoms with Gasteiger partial charge in [0.05, 0.1) is 5.56 Å². The molecule has 146 valence electrons. The van der Waals surface area contributed by atoms with Gasteiger partial charge in [-0.15, -0.1) is 0 Å². The van der Waals surface area contributed by atoms with Gasteiger partial charge < -0.3 is 10.1 Å². The molecule has 3 aromatic rings. The Morgan fingerprint density at radius 2 is 1.28 bits per heavy atom. The lowest BCUT2D eigenvalue weighted by molar-refractivity contribution is -0.0379. The average Bonchev–Trinajstić information content (AvgIpc) is 2.80. The van der Waals surface area contributed by atoms with E-state index in [1.54, 1.807) is 36.4 Å². The van der Waals surface area contributed by atoms with E-state index in [1.807, 2.05) is 48.5 Å². The second-order valence-electron chi connectivity index (χ2n) is 7.24. The molecule has 1 fully saturated rings. The molecular weight excluding hydrogens is 362 g/mol. The van der Waals surface area contributed by atoms with Crippen LogP contribution in [0.3, 0.4) is 0 Å². The molecule has 0 spiro atoms. The van der Waals surface area contributed by atoms with Crippen LogP contribution < -0.4 is 5.32 Å². The first kappa shape index (κ1) is 19.1. The van der Waals surface area contributed by atoms with Gasteiger partial charge in [0, 0.05) is 24.0 Å². The largest absolute Gasteiger partial charge is 0.450 e. The van der Waals surface area contributed by atoms with E-state index in [0.29, 0.717) is 29.5 Å². The molecule has 4 heteroatoms. The van der Waals surface area contributed by atoms with Gasteiger partial charge >= 0.3 is 5.97 Å². The van der Waals surface area contributed by atoms with E-state index in [1.165, 1.54) is 0 Å². The van der Waals surface area contributed by atoms with E-state index in [0.717, 1.165) is 18.7 Å². The third kappa shape index (κ3) is 3.98. The van der Waals surface area contributed by atoms with Crippen molar-refractivity contribution in [1.29, 1.82) is 0 Å². The van der Waals surface area contributed by atoms with Crippen molar-refractivity contribution in [2.24, 2.45) is 0 Å². The number of piperidine rings is 1. The minimum Gasteiger partial charge on any atom is -0.450 e. The quantitative estimate of drug-likeness (QED) is 0.524. The Morgan fingerprint density at radius 3 is 1.93 bits per heavy atom. The smallest absolute Gasteiger partial charge is 0.339 e. The molecule has 1 aliphatic heterocycles. The number of ether oxygens (including phenoxy) is 1. The maximum Gasteiger partial charge on any atom is 0.339 e. The third-order valence-corrected chi connectivity index (χ3v) is 5.43. The maximum absolute atomic E-state index is 13.3. The van der Waals surface area contributed by atoms with E-state index in [9.17, 15) is 9.59 Å². The highest BCUT2D eigenvalue weighted by Gasteiger charge is 2.38.